The average Bonchev–Trinajstić information content (AvgIpc) is 3.10. The van der Waals surface area contributed by atoms with E-state index in [1.807, 2.05) is 0 Å². The molecular formula is C18H15FN2O3. The van der Waals surface area contributed by atoms with Gasteiger partial charge in [0.1, 0.15) is 17.1 Å². The van der Waals surface area contributed by atoms with Gasteiger partial charge >= 0.3 is 0 Å². The highest BCUT2D eigenvalue weighted by atomic mass is 19.1. The maximum absolute atomic E-state index is 13.6. The van der Waals surface area contributed by atoms with Crippen molar-refractivity contribution in [1.29, 1.82) is 0 Å². The number of hydrogen-bond donors (Lipinski definition) is 1. The molecule has 1 heterocycles. The smallest absolute Gasteiger partial charge is 0.257 e. The first-order valence-electron chi connectivity index (χ1n) is 7.29. The van der Waals surface area contributed by atoms with Crippen molar-refractivity contribution in [2.75, 3.05) is 7.11 Å². The fourth-order valence-electron chi connectivity index (χ4n) is 2.26. The van der Waals surface area contributed by atoms with Gasteiger partial charge in [-0.1, -0.05) is 23.4 Å². The summed E-state index contributed by atoms with van der Waals surface area (Å²) >= 11 is 0. The number of amides is 1. The van der Waals surface area contributed by atoms with Crippen LogP contribution >= 0.6 is 0 Å². The molecule has 3 aromatic rings. The quantitative estimate of drug-likeness (QED) is 0.780. The molecule has 2 aromatic carbocycles. The van der Waals surface area contributed by atoms with E-state index in [-0.39, 0.29) is 23.8 Å². The molecule has 0 radical (unpaired) electrons. The van der Waals surface area contributed by atoms with Crippen LogP contribution in [0.25, 0.3) is 11.3 Å². The Morgan fingerprint density at radius 1 is 1.21 bits per heavy atom. The molecule has 0 unspecified atom stereocenters. The van der Waals surface area contributed by atoms with E-state index in [1.165, 1.54) is 12.3 Å². The van der Waals surface area contributed by atoms with E-state index in [1.54, 1.807) is 49.6 Å². The van der Waals surface area contributed by atoms with Crippen molar-refractivity contribution in [2.24, 2.45) is 0 Å². The number of rotatable bonds is 5. The SMILES string of the molecule is COc1ccc(-c2oncc2C(=O)NCc2ccccc2F)cc1. The predicted molar refractivity (Wildman–Crippen MR) is 86.1 cm³/mol. The van der Waals surface area contributed by atoms with Crippen LogP contribution in [0, 0.1) is 5.82 Å². The molecule has 0 aliphatic carbocycles. The topological polar surface area (TPSA) is 64.4 Å². The zero-order valence-corrected chi connectivity index (χ0v) is 13.0. The van der Waals surface area contributed by atoms with E-state index >= 15 is 0 Å². The van der Waals surface area contributed by atoms with Crippen LogP contribution in [0.15, 0.2) is 59.3 Å². The van der Waals surface area contributed by atoms with E-state index in [4.69, 9.17) is 9.26 Å². The molecule has 24 heavy (non-hydrogen) atoms. The van der Waals surface area contributed by atoms with Gasteiger partial charge in [0.2, 0.25) is 0 Å². The van der Waals surface area contributed by atoms with Crippen molar-refractivity contribution >= 4 is 5.91 Å². The average molecular weight is 326 g/mol. The molecule has 0 spiro atoms. The Morgan fingerprint density at radius 2 is 1.96 bits per heavy atom. The van der Waals surface area contributed by atoms with Crippen molar-refractivity contribution in [2.45, 2.75) is 6.54 Å². The molecule has 0 fully saturated rings. The van der Waals surface area contributed by atoms with Gasteiger partial charge < -0.3 is 14.6 Å². The van der Waals surface area contributed by atoms with E-state index in [0.717, 1.165) is 0 Å². The highest BCUT2D eigenvalue weighted by Crippen LogP contribution is 2.25. The number of halogens is 1. The Hall–Kier alpha value is -3.15. The monoisotopic (exact) mass is 326 g/mol. The van der Waals surface area contributed by atoms with Crippen LogP contribution in [-0.4, -0.2) is 18.2 Å². The first-order valence-corrected chi connectivity index (χ1v) is 7.29. The number of hydrogen-bond acceptors (Lipinski definition) is 4. The standard InChI is InChI=1S/C18H15FN2O3/c1-23-14-8-6-12(7-9-14)17-15(11-21-24-17)18(22)20-10-13-4-2-3-5-16(13)19/h2-9,11H,10H2,1H3,(H,20,22). The maximum Gasteiger partial charge on any atom is 0.257 e. The normalized spacial score (nSPS) is 10.4. The summed E-state index contributed by atoms with van der Waals surface area (Å²) in [5.41, 5.74) is 1.40. The number of aromatic nitrogens is 1. The van der Waals surface area contributed by atoms with Crippen LogP contribution in [-0.2, 0) is 6.54 Å². The third-order valence-corrected chi connectivity index (χ3v) is 3.56. The predicted octanol–water partition coefficient (Wildman–Crippen LogP) is 3.42. The lowest BCUT2D eigenvalue weighted by atomic mass is 10.1. The molecule has 6 heteroatoms. The van der Waals surface area contributed by atoms with Gasteiger partial charge in [0.15, 0.2) is 5.76 Å². The van der Waals surface area contributed by atoms with E-state index in [2.05, 4.69) is 10.5 Å². The molecular weight excluding hydrogens is 311 g/mol. The number of nitrogens with zero attached hydrogens (tertiary/aromatic N) is 1. The number of ether oxygens (including phenoxy) is 1. The molecule has 1 amide bonds. The van der Waals surface area contributed by atoms with Crippen LogP contribution in [0.5, 0.6) is 5.75 Å². The second-order valence-electron chi connectivity index (χ2n) is 5.07. The van der Waals surface area contributed by atoms with Crippen molar-refractivity contribution < 1.29 is 18.4 Å². The Morgan fingerprint density at radius 3 is 2.67 bits per heavy atom. The van der Waals surface area contributed by atoms with Crippen LogP contribution in [0.1, 0.15) is 15.9 Å². The van der Waals surface area contributed by atoms with Crippen LogP contribution in [0.2, 0.25) is 0 Å². The molecule has 0 saturated carbocycles. The number of benzene rings is 2. The zero-order chi connectivity index (χ0) is 16.9. The summed E-state index contributed by atoms with van der Waals surface area (Å²) in [6.07, 6.45) is 1.34. The zero-order valence-electron chi connectivity index (χ0n) is 13.0. The third-order valence-electron chi connectivity index (χ3n) is 3.56. The Bertz CT molecular complexity index is 843. The van der Waals surface area contributed by atoms with Crippen molar-refractivity contribution in [3.8, 4) is 17.1 Å². The van der Waals surface area contributed by atoms with Crippen molar-refractivity contribution in [1.82, 2.24) is 10.5 Å². The lowest BCUT2D eigenvalue weighted by molar-refractivity contribution is 0.0951. The molecule has 5 nitrogen and oxygen atoms in total. The third kappa shape index (κ3) is 3.27. The summed E-state index contributed by atoms with van der Waals surface area (Å²) in [5, 5.41) is 6.36. The van der Waals surface area contributed by atoms with E-state index in [0.29, 0.717) is 22.6 Å². The molecule has 0 atom stereocenters. The highest BCUT2D eigenvalue weighted by Gasteiger charge is 2.18. The van der Waals surface area contributed by atoms with Gasteiger partial charge in [-0.2, -0.15) is 0 Å². The van der Waals surface area contributed by atoms with E-state index < -0.39 is 0 Å². The molecule has 3 rings (SSSR count). The summed E-state index contributed by atoms with van der Waals surface area (Å²) < 4.78 is 23.9. The summed E-state index contributed by atoms with van der Waals surface area (Å²) in [5.74, 6) is 0.302. The van der Waals surface area contributed by atoms with Crippen molar-refractivity contribution in [3.63, 3.8) is 0 Å². The summed E-state index contributed by atoms with van der Waals surface area (Å²) in [6, 6.07) is 13.4. The van der Waals surface area contributed by atoms with Gasteiger partial charge in [0.25, 0.3) is 5.91 Å². The van der Waals surface area contributed by atoms with Gasteiger partial charge in [-0.15, -0.1) is 0 Å². The summed E-state index contributed by atoms with van der Waals surface area (Å²) in [7, 11) is 1.57. The molecule has 0 bridgehead atoms. The van der Waals surface area contributed by atoms with Crippen LogP contribution in [0.4, 0.5) is 4.39 Å². The van der Waals surface area contributed by atoms with Gasteiger partial charge in [0, 0.05) is 17.7 Å². The lowest BCUT2D eigenvalue weighted by Gasteiger charge is -2.06. The summed E-state index contributed by atoms with van der Waals surface area (Å²) in [6.45, 7) is 0.0821. The largest absolute Gasteiger partial charge is 0.497 e. The second kappa shape index (κ2) is 6.95. The van der Waals surface area contributed by atoms with Gasteiger partial charge in [-0.05, 0) is 30.3 Å². The van der Waals surface area contributed by atoms with Gasteiger partial charge in [0.05, 0.1) is 13.3 Å². The van der Waals surface area contributed by atoms with Crippen LogP contribution in [0.3, 0.4) is 0 Å². The number of carbonyl (C=O) groups is 1. The van der Waals surface area contributed by atoms with Gasteiger partial charge in [-0.25, -0.2) is 4.39 Å². The Labute approximate surface area is 138 Å². The molecule has 0 aliphatic rings. The maximum atomic E-state index is 13.6. The van der Waals surface area contributed by atoms with Crippen molar-refractivity contribution in [3.05, 3.63) is 71.7 Å². The lowest BCUT2D eigenvalue weighted by Crippen LogP contribution is -2.23. The molecule has 0 aliphatic heterocycles. The highest BCUT2D eigenvalue weighted by molar-refractivity contribution is 5.99. The first-order chi connectivity index (χ1) is 11.7. The second-order valence-corrected chi connectivity index (χ2v) is 5.07. The number of nitrogens with one attached hydrogen (secondary N) is 1. The minimum Gasteiger partial charge on any atom is -0.497 e. The Kier molecular flexibility index (Phi) is 4.56. The first kappa shape index (κ1) is 15.7. The number of carbonyl (C=O) groups excluding carboxylic acids is 1. The molecule has 122 valence electrons. The Balaban J connectivity index is 1.76. The fraction of sp³-hybridized carbons (Fsp3) is 0.111. The minimum atomic E-state index is -0.384. The fourth-order valence-corrected chi connectivity index (χ4v) is 2.26. The minimum absolute atomic E-state index is 0.0821. The molecule has 1 N–H and O–H groups in total. The molecule has 1 aromatic heterocycles. The molecule has 0 saturated heterocycles. The van der Waals surface area contributed by atoms with Crippen LogP contribution < -0.4 is 10.1 Å². The van der Waals surface area contributed by atoms with Gasteiger partial charge in [-0.3, -0.25) is 4.79 Å². The number of methoxy groups -OCH3 is 1. The van der Waals surface area contributed by atoms with E-state index in [9.17, 15) is 9.18 Å². The summed E-state index contributed by atoms with van der Waals surface area (Å²) in [4.78, 5) is 12.3.